The molecule has 0 radical (unpaired) electrons. The third-order valence-electron chi connectivity index (χ3n) is 4.38. The van der Waals surface area contributed by atoms with Crippen molar-refractivity contribution in [3.05, 3.63) is 23.8 Å². The van der Waals surface area contributed by atoms with E-state index in [0.29, 0.717) is 38.6 Å². The molecule has 1 heterocycles. The maximum absolute atomic E-state index is 11.9. The molecule has 0 spiro atoms. The van der Waals surface area contributed by atoms with Crippen molar-refractivity contribution in [2.24, 2.45) is 4.99 Å². The fourth-order valence-electron chi connectivity index (χ4n) is 2.99. The average Bonchev–Trinajstić information content (AvgIpc) is 2.72. The van der Waals surface area contributed by atoms with Crippen molar-refractivity contribution in [1.82, 2.24) is 15.1 Å². The number of ether oxygens (including phenoxy) is 3. The minimum Gasteiger partial charge on any atom is -0.493 e. The number of methoxy groups -OCH3 is 1. The van der Waals surface area contributed by atoms with Gasteiger partial charge in [-0.1, -0.05) is 6.07 Å². The van der Waals surface area contributed by atoms with E-state index < -0.39 is 0 Å². The molecule has 0 aromatic heterocycles. The monoisotopic (exact) mass is 392 g/mol. The van der Waals surface area contributed by atoms with Crippen LogP contribution in [0.1, 0.15) is 26.3 Å². The van der Waals surface area contributed by atoms with Crippen molar-refractivity contribution in [1.29, 1.82) is 0 Å². The summed E-state index contributed by atoms with van der Waals surface area (Å²) >= 11 is 0. The summed E-state index contributed by atoms with van der Waals surface area (Å²) in [5, 5.41) is 3.34. The van der Waals surface area contributed by atoms with Gasteiger partial charge in [-0.2, -0.15) is 0 Å². The minimum atomic E-state index is -0.245. The molecular weight excluding hydrogens is 360 g/mol. The van der Waals surface area contributed by atoms with Crippen LogP contribution in [0.3, 0.4) is 0 Å². The van der Waals surface area contributed by atoms with E-state index in [1.54, 1.807) is 12.0 Å². The summed E-state index contributed by atoms with van der Waals surface area (Å²) < 4.78 is 16.1. The first kappa shape index (κ1) is 21.7. The van der Waals surface area contributed by atoms with Crippen LogP contribution in [-0.4, -0.2) is 74.9 Å². The molecule has 1 aromatic rings. The van der Waals surface area contributed by atoms with Gasteiger partial charge in [0.15, 0.2) is 17.5 Å². The second-order valence-electron chi connectivity index (χ2n) is 6.26. The van der Waals surface area contributed by atoms with Crippen molar-refractivity contribution in [3.8, 4) is 11.5 Å². The summed E-state index contributed by atoms with van der Waals surface area (Å²) in [5.74, 6) is 2.29. The molecule has 1 aliphatic rings. The Morgan fingerprint density at radius 1 is 1.07 bits per heavy atom. The Kier molecular flexibility index (Phi) is 8.71. The number of nitrogens with one attached hydrogen (secondary N) is 1. The van der Waals surface area contributed by atoms with Gasteiger partial charge in [-0.3, -0.25) is 0 Å². The van der Waals surface area contributed by atoms with Crippen molar-refractivity contribution in [3.63, 3.8) is 0 Å². The SMILES string of the molecule is CCNC(=NCc1ccc(OCC)c(OC)c1)N1CCN(C(=O)OCC)CC1. The lowest BCUT2D eigenvalue weighted by Crippen LogP contribution is -2.53. The Bertz CT molecular complexity index is 658. The van der Waals surface area contributed by atoms with Crippen LogP contribution in [0.25, 0.3) is 0 Å². The Morgan fingerprint density at radius 2 is 1.79 bits per heavy atom. The summed E-state index contributed by atoms with van der Waals surface area (Å²) in [4.78, 5) is 20.5. The van der Waals surface area contributed by atoms with E-state index in [4.69, 9.17) is 19.2 Å². The Hall–Kier alpha value is -2.64. The van der Waals surface area contributed by atoms with Gasteiger partial charge in [0, 0.05) is 32.7 Å². The molecule has 1 saturated heterocycles. The van der Waals surface area contributed by atoms with E-state index in [0.717, 1.165) is 36.9 Å². The molecular formula is C20H32N4O4. The Balaban J connectivity index is 2.02. The summed E-state index contributed by atoms with van der Waals surface area (Å²) in [6.45, 7) is 10.8. The fraction of sp³-hybridized carbons (Fsp3) is 0.600. The highest BCUT2D eigenvalue weighted by Gasteiger charge is 2.23. The molecule has 8 nitrogen and oxygen atoms in total. The first-order valence-corrected chi connectivity index (χ1v) is 9.87. The predicted molar refractivity (Wildman–Crippen MR) is 109 cm³/mol. The number of benzene rings is 1. The van der Waals surface area contributed by atoms with Gasteiger partial charge in [-0.15, -0.1) is 0 Å². The van der Waals surface area contributed by atoms with Crippen molar-refractivity contribution >= 4 is 12.1 Å². The number of hydrogen-bond acceptors (Lipinski definition) is 5. The second-order valence-corrected chi connectivity index (χ2v) is 6.26. The van der Waals surface area contributed by atoms with Crippen LogP contribution < -0.4 is 14.8 Å². The number of carbonyl (C=O) groups is 1. The molecule has 1 fully saturated rings. The largest absolute Gasteiger partial charge is 0.493 e. The summed E-state index contributed by atoms with van der Waals surface area (Å²) in [6.07, 6.45) is -0.245. The molecule has 2 rings (SSSR count). The molecule has 0 aliphatic carbocycles. The van der Waals surface area contributed by atoms with Crippen molar-refractivity contribution in [2.45, 2.75) is 27.3 Å². The van der Waals surface area contributed by atoms with Crippen molar-refractivity contribution in [2.75, 3.05) is 53.0 Å². The van der Waals surface area contributed by atoms with Gasteiger partial charge in [0.05, 0.1) is 26.9 Å². The maximum Gasteiger partial charge on any atom is 0.409 e. The minimum absolute atomic E-state index is 0.245. The van der Waals surface area contributed by atoms with Gasteiger partial charge in [-0.25, -0.2) is 9.79 Å². The zero-order chi connectivity index (χ0) is 20.4. The fourth-order valence-corrected chi connectivity index (χ4v) is 2.99. The third kappa shape index (κ3) is 5.94. The van der Waals surface area contributed by atoms with Crippen LogP contribution in [0.2, 0.25) is 0 Å². The Labute approximate surface area is 167 Å². The van der Waals surface area contributed by atoms with E-state index in [1.807, 2.05) is 39.0 Å². The highest BCUT2D eigenvalue weighted by atomic mass is 16.6. The summed E-state index contributed by atoms with van der Waals surface area (Å²) in [5.41, 5.74) is 1.04. The molecule has 1 amide bonds. The maximum atomic E-state index is 11.9. The van der Waals surface area contributed by atoms with E-state index >= 15 is 0 Å². The van der Waals surface area contributed by atoms with Gasteiger partial charge in [0.2, 0.25) is 0 Å². The number of guanidine groups is 1. The zero-order valence-corrected chi connectivity index (χ0v) is 17.4. The van der Waals surface area contributed by atoms with Crippen LogP contribution >= 0.6 is 0 Å². The second kappa shape index (κ2) is 11.3. The van der Waals surface area contributed by atoms with Crippen molar-refractivity contribution < 1.29 is 19.0 Å². The number of amides is 1. The Morgan fingerprint density at radius 3 is 2.39 bits per heavy atom. The molecule has 1 aromatic carbocycles. The zero-order valence-electron chi connectivity index (χ0n) is 17.4. The molecule has 28 heavy (non-hydrogen) atoms. The standard InChI is InChI=1S/C20H32N4O4/c1-5-21-19(23-10-12-24(13-11-23)20(25)28-7-3)22-15-16-8-9-17(27-6-2)18(14-16)26-4/h8-9,14H,5-7,10-13,15H2,1-4H3,(H,21,22). The molecule has 0 bridgehead atoms. The van der Waals surface area contributed by atoms with Crippen LogP contribution in [-0.2, 0) is 11.3 Å². The van der Waals surface area contributed by atoms with E-state index in [9.17, 15) is 4.79 Å². The summed E-state index contributed by atoms with van der Waals surface area (Å²) in [6, 6.07) is 5.87. The quantitative estimate of drug-likeness (QED) is 0.567. The average molecular weight is 393 g/mol. The van der Waals surface area contributed by atoms with Gasteiger partial charge in [0.25, 0.3) is 0 Å². The van der Waals surface area contributed by atoms with Gasteiger partial charge in [0.1, 0.15) is 0 Å². The smallest absolute Gasteiger partial charge is 0.409 e. The lowest BCUT2D eigenvalue weighted by atomic mass is 10.2. The van der Waals surface area contributed by atoms with E-state index in [-0.39, 0.29) is 6.09 Å². The molecule has 0 unspecified atom stereocenters. The van der Waals surface area contributed by atoms with Gasteiger partial charge >= 0.3 is 6.09 Å². The normalized spacial score (nSPS) is 14.6. The molecule has 8 heteroatoms. The molecule has 1 aliphatic heterocycles. The highest BCUT2D eigenvalue weighted by molar-refractivity contribution is 5.80. The summed E-state index contributed by atoms with van der Waals surface area (Å²) in [7, 11) is 1.64. The highest BCUT2D eigenvalue weighted by Crippen LogP contribution is 2.28. The van der Waals surface area contributed by atoms with Gasteiger partial charge in [-0.05, 0) is 38.5 Å². The molecule has 0 saturated carbocycles. The lowest BCUT2D eigenvalue weighted by Gasteiger charge is -2.35. The number of hydrogen-bond donors (Lipinski definition) is 1. The van der Waals surface area contributed by atoms with Crippen LogP contribution in [0.5, 0.6) is 11.5 Å². The van der Waals surface area contributed by atoms with Crippen LogP contribution in [0.4, 0.5) is 4.79 Å². The van der Waals surface area contributed by atoms with Gasteiger partial charge < -0.3 is 29.3 Å². The first-order valence-electron chi connectivity index (χ1n) is 9.87. The topological polar surface area (TPSA) is 75.6 Å². The molecule has 156 valence electrons. The third-order valence-corrected chi connectivity index (χ3v) is 4.38. The first-order chi connectivity index (χ1) is 13.6. The number of nitrogens with zero attached hydrogens (tertiary/aromatic N) is 3. The number of aliphatic imine (C=N–C) groups is 1. The lowest BCUT2D eigenvalue weighted by molar-refractivity contribution is 0.0914. The number of piperazine rings is 1. The molecule has 1 N–H and O–H groups in total. The number of rotatable bonds is 7. The number of carbonyl (C=O) groups excluding carboxylic acids is 1. The van der Waals surface area contributed by atoms with E-state index in [2.05, 4.69) is 10.2 Å². The molecule has 0 atom stereocenters. The van der Waals surface area contributed by atoms with Crippen LogP contribution in [0, 0.1) is 0 Å². The predicted octanol–water partition coefficient (Wildman–Crippen LogP) is 2.33. The van der Waals surface area contributed by atoms with E-state index in [1.165, 1.54) is 0 Å². The van der Waals surface area contributed by atoms with Crippen LogP contribution in [0.15, 0.2) is 23.2 Å².